The van der Waals surface area contributed by atoms with Gasteiger partial charge in [-0.1, -0.05) is 24.3 Å². The van der Waals surface area contributed by atoms with Crippen molar-refractivity contribution in [1.82, 2.24) is 4.98 Å². The van der Waals surface area contributed by atoms with E-state index >= 15 is 0 Å². The fourth-order valence-corrected chi connectivity index (χ4v) is 3.49. The molecule has 0 radical (unpaired) electrons. The van der Waals surface area contributed by atoms with Gasteiger partial charge in [0.1, 0.15) is 0 Å². The molecule has 120 valence electrons. The van der Waals surface area contributed by atoms with Gasteiger partial charge >= 0.3 is 0 Å². The first-order chi connectivity index (χ1) is 11.1. The molecule has 2 nitrogen and oxygen atoms in total. The summed E-state index contributed by atoms with van der Waals surface area (Å²) < 4.78 is 1.26. The Labute approximate surface area is 151 Å². The highest BCUT2D eigenvalue weighted by molar-refractivity contribution is 14.1. The molecule has 0 aliphatic carbocycles. The lowest BCUT2D eigenvalue weighted by atomic mass is 9.98. The number of aryl methyl sites for hydroxylation is 3. The highest BCUT2D eigenvalue weighted by atomic mass is 127. The van der Waals surface area contributed by atoms with Gasteiger partial charge in [-0.2, -0.15) is 0 Å². The molecule has 3 rings (SSSR count). The second kappa shape index (κ2) is 7.05. The fourth-order valence-electron chi connectivity index (χ4n) is 3.13. The standard InChI is InChI=1S/C20H23IN2/c1-13-6-11-18-17(5-3-4-12-22)20(23-19(18)14(13)2)15-7-9-16(21)10-8-15/h6-11,23H,3-5,12,22H2,1-2H3. The van der Waals surface area contributed by atoms with E-state index in [-0.39, 0.29) is 0 Å². The van der Waals surface area contributed by atoms with Crippen molar-refractivity contribution >= 4 is 33.5 Å². The molecule has 0 bridgehead atoms. The van der Waals surface area contributed by atoms with Crippen molar-refractivity contribution in [3.8, 4) is 11.3 Å². The molecule has 23 heavy (non-hydrogen) atoms. The number of unbranched alkanes of at least 4 members (excludes halogenated alkanes) is 1. The quantitative estimate of drug-likeness (QED) is 0.427. The van der Waals surface area contributed by atoms with Crippen LogP contribution in [0.1, 0.15) is 29.5 Å². The second-order valence-electron chi connectivity index (χ2n) is 6.16. The predicted molar refractivity (Wildman–Crippen MR) is 108 cm³/mol. The molecule has 0 atom stereocenters. The lowest BCUT2D eigenvalue weighted by Gasteiger charge is -2.06. The van der Waals surface area contributed by atoms with E-state index in [9.17, 15) is 0 Å². The number of H-pyrrole nitrogens is 1. The summed E-state index contributed by atoms with van der Waals surface area (Å²) in [4.78, 5) is 3.70. The Kier molecular flexibility index (Phi) is 5.07. The normalized spacial score (nSPS) is 11.3. The van der Waals surface area contributed by atoms with Crippen LogP contribution in [-0.4, -0.2) is 11.5 Å². The van der Waals surface area contributed by atoms with Crippen LogP contribution in [0, 0.1) is 17.4 Å². The zero-order valence-corrected chi connectivity index (χ0v) is 15.9. The van der Waals surface area contributed by atoms with Crippen molar-refractivity contribution in [1.29, 1.82) is 0 Å². The van der Waals surface area contributed by atoms with Gasteiger partial charge in [0.15, 0.2) is 0 Å². The van der Waals surface area contributed by atoms with Crippen LogP contribution in [0.5, 0.6) is 0 Å². The molecule has 0 aliphatic heterocycles. The molecule has 0 aliphatic rings. The average molecular weight is 418 g/mol. The van der Waals surface area contributed by atoms with Gasteiger partial charge in [-0.3, -0.25) is 0 Å². The summed E-state index contributed by atoms with van der Waals surface area (Å²) in [5.41, 5.74) is 13.6. The van der Waals surface area contributed by atoms with Gasteiger partial charge in [-0.05, 0) is 96.6 Å². The number of nitrogens with two attached hydrogens (primary N) is 1. The van der Waals surface area contributed by atoms with Gasteiger partial charge in [0.25, 0.3) is 0 Å². The summed E-state index contributed by atoms with van der Waals surface area (Å²) in [6, 6.07) is 13.3. The largest absolute Gasteiger partial charge is 0.354 e. The zero-order valence-electron chi connectivity index (χ0n) is 13.7. The maximum absolute atomic E-state index is 5.68. The molecule has 1 heterocycles. The highest BCUT2D eigenvalue weighted by Crippen LogP contribution is 2.34. The number of benzene rings is 2. The number of hydrogen-bond acceptors (Lipinski definition) is 1. The van der Waals surface area contributed by atoms with Gasteiger partial charge < -0.3 is 10.7 Å². The van der Waals surface area contributed by atoms with E-state index in [0.717, 1.165) is 25.8 Å². The zero-order chi connectivity index (χ0) is 16.4. The number of halogens is 1. The van der Waals surface area contributed by atoms with Crippen LogP contribution >= 0.6 is 22.6 Å². The molecular weight excluding hydrogens is 395 g/mol. The van der Waals surface area contributed by atoms with Crippen LogP contribution in [0.2, 0.25) is 0 Å². The van der Waals surface area contributed by atoms with Gasteiger partial charge in [0.2, 0.25) is 0 Å². The van der Waals surface area contributed by atoms with Crippen molar-refractivity contribution in [2.45, 2.75) is 33.1 Å². The van der Waals surface area contributed by atoms with E-state index < -0.39 is 0 Å². The number of hydrogen-bond donors (Lipinski definition) is 2. The minimum Gasteiger partial charge on any atom is -0.354 e. The maximum Gasteiger partial charge on any atom is 0.0497 e. The van der Waals surface area contributed by atoms with Gasteiger partial charge in [0.05, 0.1) is 0 Å². The van der Waals surface area contributed by atoms with Crippen molar-refractivity contribution in [2.24, 2.45) is 5.73 Å². The van der Waals surface area contributed by atoms with Crippen LogP contribution in [0.4, 0.5) is 0 Å². The number of rotatable bonds is 5. The lowest BCUT2D eigenvalue weighted by molar-refractivity contribution is 0.748. The van der Waals surface area contributed by atoms with Crippen molar-refractivity contribution in [3.05, 3.63) is 56.7 Å². The van der Waals surface area contributed by atoms with Crippen molar-refractivity contribution in [3.63, 3.8) is 0 Å². The predicted octanol–water partition coefficient (Wildman–Crippen LogP) is 5.34. The Morgan fingerprint density at radius 3 is 2.43 bits per heavy atom. The summed E-state index contributed by atoms with van der Waals surface area (Å²) >= 11 is 2.35. The SMILES string of the molecule is Cc1ccc2c(CCCCN)c(-c3ccc(I)cc3)[nH]c2c1C. The molecule has 1 aromatic heterocycles. The molecule has 0 unspecified atom stereocenters. The Balaban J connectivity index is 2.16. The summed E-state index contributed by atoms with van der Waals surface area (Å²) in [5, 5.41) is 1.36. The average Bonchev–Trinajstić information content (AvgIpc) is 2.91. The van der Waals surface area contributed by atoms with Gasteiger partial charge in [0, 0.05) is 20.2 Å². The van der Waals surface area contributed by atoms with Crippen LogP contribution in [0.15, 0.2) is 36.4 Å². The smallest absolute Gasteiger partial charge is 0.0497 e. The minimum atomic E-state index is 0.763. The molecule has 0 saturated heterocycles. The first-order valence-electron chi connectivity index (χ1n) is 8.18. The summed E-state index contributed by atoms with van der Waals surface area (Å²) in [6.45, 7) is 5.14. The summed E-state index contributed by atoms with van der Waals surface area (Å²) in [7, 11) is 0. The van der Waals surface area contributed by atoms with E-state index in [1.165, 1.54) is 42.4 Å². The lowest BCUT2D eigenvalue weighted by Crippen LogP contribution is -1.99. The number of fused-ring (bicyclic) bond motifs is 1. The Bertz CT molecular complexity index is 816. The van der Waals surface area contributed by atoms with E-state index in [0.29, 0.717) is 0 Å². The highest BCUT2D eigenvalue weighted by Gasteiger charge is 2.15. The van der Waals surface area contributed by atoms with Crippen LogP contribution in [0.3, 0.4) is 0 Å². The Hall–Kier alpha value is -1.33. The van der Waals surface area contributed by atoms with Crippen LogP contribution < -0.4 is 5.73 Å². The molecule has 0 fully saturated rings. The van der Waals surface area contributed by atoms with E-state index in [1.807, 2.05) is 0 Å². The Morgan fingerprint density at radius 1 is 1.00 bits per heavy atom. The first kappa shape index (κ1) is 16.5. The third-order valence-corrected chi connectivity index (χ3v) is 5.35. The van der Waals surface area contributed by atoms with E-state index in [1.54, 1.807) is 0 Å². The van der Waals surface area contributed by atoms with Crippen LogP contribution in [-0.2, 0) is 6.42 Å². The van der Waals surface area contributed by atoms with Gasteiger partial charge in [-0.25, -0.2) is 0 Å². The first-order valence-corrected chi connectivity index (χ1v) is 9.26. The number of nitrogens with one attached hydrogen (secondary N) is 1. The number of aromatic amines is 1. The summed E-state index contributed by atoms with van der Waals surface area (Å²) in [5.74, 6) is 0. The van der Waals surface area contributed by atoms with E-state index in [4.69, 9.17) is 5.73 Å². The second-order valence-corrected chi connectivity index (χ2v) is 7.41. The van der Waals surface area contributed by atoms with Crippen molar-refractivity contribution < 1.29 is 0 Å². The van der Waals surface area contributed by atoms with Crippen molar-refractivity contribution in [2.75, 3.05) is 6.54 Å². The Morgan fingerprint density at radius 2 is 1.74 bits per heavy atom. The fraction of sp³-hybridized carbons (Fsp3) is 0.300. The molecule has 0 saturated carbocycles. The minimum absolute atomic E-state index is 0.763. The summed E-state index contributed by atoms with van der Waals surface area (Å²) in [6.07, 6.45) is 3.28. The molecular formula is C20H23IN2. The third-order valence-electron chi connectivity index (χ3n) is 4.63. The van der Waals surface area contributed by atoms with E-state index in [2.05, 4.69) is 77.8 Å². The molecule has 3 heteroatoms. The van der Waals surface area contributed by atoms with Gasteiger partial charge in [-0.15, -0.1) is 0 Å². The molecule has 3 aromatic rings. The molecule has 3 N–H and O–H groups in total. The third kappa shape index (κ3) is 3.31. The topological polar surface area (TPSA) is 41.8 Å². The monoisotopic (exact) mass is 418 g/mol. The molecule has 0 spiro atoms. The van der Waals surface area contributed by atoms with Crippen LogP contribution in [0.25, 0.3) is 22.2 Å². The maximum atomic E-state index is 5.68. The number of aromatic nitrogens is 1. The molecule has 2 aromatic carbocycles. The molecule has 0 amide bonds.